The van der Waals surface area contributed by atoms with Gasteiger partial charge in [0.1, 0.15) is 0 Å². The molecule has 2 heterocycles. The zero-order chi connectivity index (χ0) is 19.7. The molecule has 0 atom stereocenters. The molecular weight excluding hydrogens is 389 g/mol. The van der Waals surface area contributed by atoms with Crippen LogP contribution < -0.4 is 4.74 Å². The largest absolute Gasteiger partial charge is 0.477 e. The first kappa shape index (κ1) is 19.0. The number of hydrogen-bond acceptors (Lipinski definition) is 6. The number of aromatic nitrogens is 3. The van der Waals surface area contributed by atoms with Crippen LogP contribution in [-0.2, 0) is 10.5 Å². The van der Waals surface area contributed by atoms with E-state index in [0.29, 0.717) is 5.82 Å². The number of hydrogen-bond donors (Lipinski definition) is 0. The molecule has 27 heavy (non-hydrogen) atoms. The summed E-state index contributed by atoms with van der Waals surface area (Å²) in [4.78, 5) is 15.4. The molecule has 0 radical (unpaired) electrons. The number of halogens is 3. The Bertz CT molecular complexity index is 971. The van der Waals surface area contributed by atoms with E-state index in [0.717, 1.165) is 6.20 Å². The smallest absolute Gasteiger partial charge is 0.394 e. The first-order valence-electron chi connectivity index (χ1n) is 7.77. The molecule has 1 aliphatic carbocycles. The lowest BCUT2D eigenvalue weighted by Gasteiger charge is -2.18. The molecule has 1 saturated carbocycles. The van der Waals surface area contributed by atoms with Crippen LogP contribution in [0.15, 0.2) is 35.0 Å². The average Bonchev–Trinajstić information content (AvgIpc) is 3.25. The zero-order valence-electron chi connectivity index (χ0n) is 13.7. The number of carbonyl (C=O) groups is 1. The highest BCUT2D eigenvalue weighted by molar-refractivity contribution is 7.62. The molecule has 144 valence electrons. The molecule has 3 rings (SSSR count). The molecule has 12 heteroatoms. The Balaban J connectivity index is 1.61. The van der Waals surface area contributed by atoms with E-state index in [2.05, 4.69) is 14.4 Å². The average molecular weight is 402 g/mol. The van der Waals surface area contributed by atoms with Crippen LogP contribution in [0.5, 0.6) is 5.88 Å². The van der Waals surface area contributed by atoms with E-state index < -0.39 is 28.0 Å². The number of rotatable bonds is 6. The third kappa shape index (κ3) is 4.32. The molecule has 0 unspecified atom stereocenters. The summed E-state index contributed by atoms with van der Waals surface area (Å²) >= 11 is 0. The molecule has 1 aliphatic rings. The van der Waals surface area contributed by atoms with Gasteiger partial charge < -0.3 is 4.74 Å². The van der Waals surface area contributed by atoms with Crippen molar-refractivity contribution in [1.82, 2.24) is 14.8 Å². The quantitative estimate of drug-likeness (QED) is 0.736. The van der Waals surface area contributed by atoms with Gasteiger partial charge in [0.2, 0.25) is 5.88 Å². The molecule has 1 amide bonds. The lowest BCUT2D eigenvalue weighted by Crippen LogP contribution is -2.26. The maximum atomic E-state index is 12.9. The van der Waals surface area contributed by atoms with Gasteiger partial charge in [-0.3, -0.25) is 4.79 Å². The monoisotopic (exact) mass is 402 g/mol. The Labute approximate surface area is 152 Å². The molecule has 0 aromatic carbocycles. The van der Waals surface area contributed by atoms with Crippen molar-refractivity contribution < 1.29 is 31.1 Å². The summed E-state index contributed by atoms with van der Waals surface area (Å²) in [6.45, 7) is -0.106. The number of ether oxygens (including phenoxy) is 1. The molecule has 8 nitrogen and oxygen atoms in total. The second-order valence-electron chi connectivity index (χ2n) is 5.99. The van der Waals surface area contributed by atoms with Crippen molar-refractivity contribution in [2.45, 2.75) is 25.4 Å². The van der Waals surface area contributed by atoms with Crippen LogP contribution in [0.2, 0.25) is 0 Å². The van der Waals surface area contributed by atoms with Crippen LogP contribution in [0, 0.1) is 5.41 Å². The fraction of sp³-hybridized carbons (Fsp3) is 0.400. The minimum absolute atomic E-state index is 0.0199. The van der Waals surface area contributed by atoms with Crippen molar-refractivity contribution in [3.05, 3.63) is 36.2 Å². The lowest BCUT2D eigenvalue weighted by molar-refractivity contribution is -0.190. The van der Waals surface area contributed by atoms with Crippen molar-refractivity contribution >= 4 is 16.4 Å². The first-order chi connectivity index (χ1) is 12.7. The Morgan fingerprint density at radius 3 is 2.59 bits per heavy atom. The minimum atomic E-state index is -4.22. The van der Waals surface area contributed by atoms with Gasteiger partial charge >= 0.3 is 16.7 Å². The normalized spacial score (nSPS) is 15.2. The standard InChI is InChI=1S/C15H13F3N4O4S/c16-15(17,18)14(4-5-14)6-8-26-12-3-7-22(20-12)11-2-1-10(9-19-11)13(23)21-27(24)25/h1-3,7,9H,4-6,8H2. The summed E-state index contributed by atoms with van der Waals surface area (Å²) in [5, 5.41) is 4.05. The van der Waals surface area contributed by atoms with E-state index in [9.17, 15) is 26.4 Å². The summed E-state index contributed by atoms with van der Waals surface area (Å²) in [5.74, 6) is -0.504. The van der Waals surface area contributed by atoms with Crippen molar-refractivity contribution in [3.63, 3.8) is 0 Å². The van der Waals surface area contributed by atoms with Crippen LogP contribution in [0.4, 0.5) is 13.2 Å². The highest BCUT2D eigenvalue weighted by atomic mass is 32.2. The number of carbonyl (C=O) groups excluding carboxylic acids is 1. The van der Waals surface area contributed by atoms with Crippen molar-refractivity contribution in [2.24, 2.45) is 9.78 Å². The maximum absolute atomic E-state index is 12.9. The van der Waals surface area contributed by atoms with Gasteiger partial charge in [-0.15, -0.1) is 5.10 Å². The summed E-state index contributed by atoms with van der Waals surface area (Å²) in [5.41, 5.74) is -1.65. The summed E-state index contributed by atoms with van der Waals surface area (Å²) in [7, 11) is -2.85. The lowest BCUT2D eigenvalue weighted by atomic mass is 10.0. The fourth-order valence-electron chi connectivity index (χ4n) is 2.46. The van der Waals surface area contributed by atoms with Crippen LogP contribution in [0.25, 0.3) is 5.82 Å². The van der Waals surface area contributed by atoms with Crippen LogP contribution in [0.3, 0.4) is 0 Å². The zero-order valence-corrected chi connectivity index (χ0v) is 14.5. The Kier molecular flexibility index (Phi) is 5.00. The van der Waals surface area contributed by atoms with E-state index in [-0.39, 0.29) is 37.3 Å². The minimum Gasteiger partial charge on any atom is -0.477 e. The Morgan fingerprint density at radius 2 is 2.04 bits per heavy atom. The van der Waals surface area contributed by atoms with E-state index in [4.69, 9.17) is 4.74 Å². The van der Waals surface area contributed by atoms with Crippen molar-refractivity contribution in [1.29, 1.82) is 0 Å². The highest BCUT2D eigenvalue weighted by Gasteiger charge is 2.62. The molecule has 2 aromatic heterocycles. The van der Waals surface area contributed by atoms with Gasteiger partial charge in [0.05, 0.1) is 17.6 Å². The molecule has 0 N–H and O–H groups in total. The van der Waals surface area contributed by atoms with Gasteiger partial charge in [-0.05, 0) is 31.4 Å². The number of pyridine rings is 1. The maximum Gasteiger partial charge on any atom is 0.394 e. The van der Waals surface area contributed by atoms with Gasteiger partial charge in [-0.2, -0.15) is 21.6 Å². The highest BCUT2D eigenvalue weighted by Crippen LogP contribution is 2.59. The topological polar surface area (TPSA) is 104 Å². The van der Waals surface area contributed by atoms with E-state index >= 15 is 0 Å². The fourth-order valence-corrected chi connectivity index (χ4v) is 2.70. The van der Waals surface area contributed by atoms with Gasteiger partial charge in [0, 0.05) is 18.5 Å². The summed E-state index contributed by atoms with van der Waals surface area (Å²) in [6, 6.07) is 4.21. The molecule has 0 spiro atoms. The molecule has 2 aromatic rings. The predicted molar refractivity (Wildman–Crippen MR) is 84.9 cm³/mol. The number of nitrogens with zero attached hydrogens (tertiary/aromatic N) is 4. The number of amides is 1. The molecule has 0 bridgehead atoms. The van der Waals surface area contributed by atoms with Crippen molar-refractivity contribution in [2.75, 3.05) is 6.61 Å². The van der Waals surface area contributed by atoms with E-state index in [1.807, 2.05) is 0 Å². The second-order valence-corrected chi connectivity index (χ2v) is 6.61. The third-order valence-electron chi connectivity index (χ3n) is 4.24. The van der Waals surface area contributed by atoms with Crippen LogP contribution in [-0.4, -0.2) is 41.9 Å². The van der Waals surface area contributed by atoms with Gasteiger partial charge in [-0.25, -0.2) is 9.67 Å². The van der Waals surface area contributed by atoms with Gasteiger partial charge in [0.15, 0.2) is 5.82 Å². The summed E-state index contributed by atoms with van der Waals surface area (Å²) in [6.07, 6.45) is -1.47. The Morgan fingerprint density at radius 1 is 1.30 bits per heavy atom. The SMILES string of the molecule is O=C(N=S(=O)=O)c1ccc(-n2ccc(OCCC3(C(F)(F)F)CC3)n2)nc1. The molecule has 1 fully saturated rings. The summed E-state index contributed by atoms with van der Waals surface area (Å²) < 4.78 is 68.8. The second kappa shape index (κ2) is 7.10. The third-order valence-corrected chi connectivity index (χ3v) is 4.55. The van der Waals surface area contributed by atoms with Crippen molar-refractivity contribution in [3.8, 4) is 11.7 Å². The van der Waals surface area contributed by atoms with Crippen LogP contribution >= 0.6 is 0 Å². The molecule has 0 aliphatic heterocycles. The van der Waals surface area contributed by atoms with Crippen LogP contribution in [0.1, 0.15) is 29.6 Å². The van der Waals surface area contributed by atoms with Gasteiger partial charge in [0.25, 0.3) is 5.91 Å². The molecule has 0 saturated heterocycles. The Hall–Kier alpha value is -2.76. The van der Waals surface area contributed by atoms with E-state index in [1.165, 1.54) is 29.1 Å². The first-order valence-corrected chi connectivity index (χ1v) is 8.80. The predicted octanol–water partition coefficient (Wildman–Crippen LogP) is 2.58. The van der Waals surface area contributed by atoms with Gasteiger partial charge in [-0.1, -0.05) is 4.36 Å². The molecular formula is C15H13F3N4O4S. The number of alkyl halides is 3. The van der Waals surface area contributed by atoms with E-state index in [1.54, 1.807) is 0 Å².